The monoisotopic (exact) mass is 493 g/mol. The van der Waals surface area contributed by atoms with E-state index >= 15 is 0 Å². The fourth-order valence-electron chi connectivity index (χ4n) is 3.67. The third-order valence-corrected chi connectivity index (χ3v) is 5.68. The van der Waals surface area contributed by atoms with Crippen molar-refractivity contribution in [2.75, 3.05) is 50.8 Å². The van der Waals surface area contributed by atoms with E-state index in [1.165, 1.54) is 0 Å². The Morgan fingerprint density at radius 1 is 1.30 bits per heavy atom. The van der Waals surface area contributed by atoms with Crippen LogP contribution in [0.25, 0.3) is 0 Å². The number of amides is 2. The van der Waals surface area contributed by atoms with E-state index in [0.717, 1.165) is 5.82 Å². The molecule has 0 bridgehead atoms. The number of carbonyl (C=O) groups excluding carboxylic acids is 2. The zero-order valence-electron chi connectivity index (χ0n) is 18.1. The lowest BCUT2D eigenvalue weighted by atomic mass is 9.99. The van der Waals surface area contributed by atoms with Crippen molar-refractivity contribution in [1.82, 2.24) is 20.7 Å². The second-order valence-corrected chi connectivity index (χ2v) is 8.33. The minimum Gasteiger partial charge on any atom is -0.376 e. The minimum atomic E-state index is -4.71. The first-order valence-corrected chi connectivity index (χ1v) is 11.0. The van der Waals surface area contributed by atoms with Gasteiger partial charge in [0.2, 0.25) is 11.8 Å². The van der Waals surface area contributed by atoms with Gasteiger partial charge in [0, 0.05) is 38.9 Å². The Hall–Kier alpha value is -2.15. The molecule has 184 valence electrons. The van der Waals surface area contributed by atoms with Crippen LogP contribution in [0.1, 0.15) is 13.3 Å². The van der Waals surface area contributed by atoms with Crippen LogP contribution in [0, 0.1) is 5.92 Å². The average Bonchev–Trinajstić information content (AvgIpc) is 2.77. The van der Waals surface area contributed by atoms with E-state index in [2.05, 4.69) is 15.3 Å². The standard InChI is InChI=1S/C20H27ClF3N5O4/c1-13(12-33-15-11-26-27-19(31)18(15)20(22,23)24)32-9-4-17(30)29-7-5-28(6-8-29)16-3-2-14(21)10-25-16/h2-3,10,13,15,18,26H,4-9,11-12H2,1H3,(H,27,31)/t13-,15?,18?/m1/s1. The summed E-state index contributed by atoms with van der Waals surface area (Å²) in [5.41, 5.74) is 4.37. The molecule has 2 aliphatic heterocycles. The predicted molar refractivity (Wildman–Crippen MR) is 114 cm³/mol. The Balaban J connectivity index is 1.35. The molecule has 3 atom stereocenters. The molecule has 2 N–H and O–H groups in total. The van der Waals surface area contributed by atoms with Crippen LogP contribution in [0.3, 0.4) is 0 Å². The lowest BCUT2D eigenvalue weighted by Crippen LogP contribution is -2.60. The molecule has 0 aromatic carbocycles. The number of rotatable bonds is 8. The van der Waals surface area contributed by atoms with E-state index in [0.29, 0.717) is 31.2 Å². The number of hydrogen-bond donors (Lipinski definition) is 2. The summed E-state index contributed by atoms with van der Waals surface area (Å²) in [7, 11) is 0. The molecule has 13 heteroatoms. The Kier molecular flexibility index (Phi) is 8.74. The van der Waals surface area contributed by atoms with Crippen LogP contribution >= 0.6 is 11.6 Å². The fraction of sp³-hybridized carbons (Fsp3) is 0.650. The third kappa shape index (κ3) is 7.16. The topological polar surface area (TPSA) is 96.0 Å². The maximum absolute atomic E-state index is 13.1. The van der Waals surface area contributed by atoms with Crippen LogP contribution in [0.5, 0.6) is 0 Å². The van der Waals surface area contributed by atoms with Gasteiger partial charge in [0.25, 0.3) is 0 Å². The molecule has 0 aliphatic carbocycles. The Morgan fingerprint density at radius 2 is 2.03 bits per heavy atom. The highest BCUT2D eigenvalue weighted by molar-refractivity contribution is 6.30. The van der Waals surface area contributed by atoms with Gasteiger partial charge in [0.15, 0.2) is 5.92 Å². The second-order valence-electron chi connectivity index (χ2n) is 7.90. The zero-order chi connectivity index (χ0) is 24.0. The molecule has 0 radical (unpaired) electrons. The van der Waals surface area contributed by atoms with Crippen molar-refractivity contribution >= 4 is 29.2 Å². The van der Waals surface area contributed by atoms with Gasteiger partial charge in [-0.05, 0) is 19.1 Å². The van der Waals surface area contributed by atoms with Crippen LogP contribution in [-0.2, 0) is 19.1 Å². The van der Waals surface area contributed by atoms with E-state index in [9.17, 15) is 22.8 Å². The number of hydrazine groups is 1. The summed E-state index contributed by atoms with van der Waals surface area (Å²) in [4.78, 5) is 32.1. The number of aromatic nitrogens is 1. The molecule has 33 heavy (non-hydrogen) atoms. The number of anilines is 1. The van der Waals surface area contributed by atoms with Crippen molar-refractivity contribution in [2.24, 2.45) is 5.92 Å². The number of nitrogens with zero attached hydrogens (tertiary/aromatic N) is 3. The summed E-state index contributed by atoms with van der Waals surface area (Å²) in [6.07, 6.45) is -4.86. The highest BCUT2D eigenvalue weighted by Gasteiger charge is 2.52. The number of carbonyl (C=O) groups is 2. The summed E-state index contributed by atoms with van der Waals surface area (Å²) in [6.45, 7) is 3.86. The van der Waals surface area contributed by atoms with E-state index < -0.39 is 30.2 Å². The highest BCUT2D eigenvalue weighted by atomic mass is 35.5. The number of pyridine rings is 1. The Labute approximate surface area is 194 Å². The van der Waals surface area contributed by atoms with E-state index in [-0.39, 0.29) is 32.1 Å². The number of nitrogens with one attached hydrogen (secondary N) is 2. The van der Waals surface area contributed by atoms with Crippen molar-refractivity contribution in [3.8, 4) is 0 Å². The summed E-state index contributed by atoms with van der Waals surface area (Å²) >= 11 is 5.86. The molecule has 0 saturated carbocycles. The molecule has 1 aromatic heterocycles. The quantitative estimate of drug-likeness (QED) is 0.565. The van der Waals surface area contributed by atoms with Gasteiger partial charge in [0.05, 0.1) is 36.9 Å². The molecule has 1 aromatic rings. The van der Waals surface area contributed by atoms with Gasteiger partial charge in [-0.3, -0.25) is 15.0 Å². The SMILES string of the molecule is C[C@H](COC1CNNC(=O)C1C(F)(F)F)OCCC(=O)N1CCN(c2ccc(Cl)cn2)CC1. The molecular formula is C20H27ClF3N5O4. The summed E-state index contributed by atoms with van der Waals surface area (Å²) in [6, 6.07) is 3.61. The number of ether oxygens (including phenoxy) is 2. The number of hydrogen-bond acceptors (Lipinski definition) is 7. The van der Waals surface area contributed by atoms with Crippen LogP contribution in [0.15, 0.2) is 18.3 Å². The average molecular weight is 494 g/mol. The van der Waals surface area contributed by atoms with Crippen molar-refractivity contribution < 1.29 is 32.2 Å². The highest BCUT2D eigenvalue weighted by Crippen LogP contribution is 2.31. The first-order valence-electron chi connectivity index (χ1n) is 10.6. The molecule has 2 unspecified atom stereocenters. The Morgan fingerprint density at radius 3 is 2.67 bits per heavy atom. The van der Waals surface area contributed by atoms with Gasteiger partial charge >= 0.3 is 6.18 Å². The number of halogens is 4. The van der Waals surface area contributed by atoms with Crippen LogP contribution in [0.4, 0.5) is 19.0 Å². The number of piperazine rings is 1. The first kappa shape index (κ1) is 25.5. The van der Waals surface area contributed by atoms with Crippen LogP contribution in [-0.4, -0.2) is 86.0 Å². The molecular weight excluding hydrogens is 467 g/mol. The lowest BCUT2D eigenvalue weighted by Gasteiger charge is -2.35. The summed E-state index contributed by atoms with van der Waals surface area (Å²) < 4.78 is 50.2. The van der Waals surface area contributed by atoms with Crippen molar-refractivity contribution in [3.63, 3.8) is 0 Å². The smallest absolute Gasteiger partial charge is 0.376 e. The van der Waals surface area contributed by atoms with Gasteiger partial charge in [0.1, 0.15) is 5.82 Å². The molecule has 9 nitrogen and oxygen atoms in total. The van der Waals surface area contributed by atoms with Crippen molar-refractivity contribution in [3.05, 3.63) is 23.4 Å². The van der Waals surface area contributed by atoms with Gasteiger partial charge in [-0.15, -0.1) is 0 Å². The van der Waals surface area contributed by atoms with Crippen LogP contribution < -0.4 is 15.8 Å². The van der Waals surface area contributed by atoms with Crippen LogP contribution in [0.2, 0.25) is 5.02 Å². The summed E-state index contributed by atoms with van der Waals surface area (Å²) in [5.74, 6) is -2.67. The maximum atomic E-state index is 13.1. The zero-order valence-corrected chi connectivity index (χ0v) is 18.9. The predicted octanol–water partition coefficient (Wildman–Crippen LogP) is 1.38. The largest absolute Gasteiger partial charge is 0.403 e. The van der Waals surface area contributed by atoms with E-state index in [4.69, 9.17) is 21.1 Å². The van der Waals surface area contributed by atoms with Crippen molar-refractivity contribution in [1.29, 1.82) is 0 Å². The molecule has 2 saturated heterocycles. The molecule has 2 aliphatic rings. The lowest BCUT2D eigenvalue weighted by molar-refractivity contribution is -0.215. The normalized spacial score (nSPS) is 22.8. The molecule has 0 spiro atoms. The minimum absolute atomic E-state index is 0.0582. The summed E-state index contributed by atoms with van der Waals surface area (Å²) in [5, 5.41) is 0.563. The fourth-order valence-corrected chi connectivity index (χ4v) is 3.78. The second kappa shape index (κ2) is 11.3. The maximum Gasteiger partial charge on any atom is 0.403 e. The Bertz CT molecular complexity index is 806. The van der Waals surface area contributed by atoms with Gasteiger partial charge in [-0.1, -0.05) is 11.6 Å². The van der Waals surface area contributed by atoms with Gasteiger partial charge in [-0.25, -0.2) is 10.4 Å². The molecule has 3 rings (SSSR count). The van der Waals surface area contributed by atoms with Gasteiger partial charge < -0.3 is 19.3 Å². The number of alkyl halides is 3. The van der Waals surface area contributed by atoms with E-state index in [1.807, 2.05) is 11.5 Å². The molecule has 2 fully saturated rings. The van der Waals surface area contributed by atoms with E-state index in [1.54, 1.807) is 24.1 Å². The third-order valence-electron chi connectivity index (χ3n) is 5.45. The molecule has 3 heterocycles. The molecule has 2 amide bonds. The first-order chi connectivity index (χ1) is 15.6. The van der Waals surface area contributed by atoms with Crippen molar-refractivity contribution in [2.45, 2.75) is 31.7 Å². The van der Waals surface area contributed by atoms with Gasteiger partial charge in [-0.2, -0.15) is 13.2 Å².